The van der Waals surface area contributed by atoms with Crippen LogP contribution >= 0.6 is 10.2 Å². The first-order valence-corrected chi connectivity index (χ1v) is 8.34. The van der Waals surface area contributed by atoms with Crippen molar-refractivity contribution in [2.75, 3.05) is 18.2 Å². The van der Waals surface area contributed by atoms with Crippen LogP contribution in [-0.2, 0) is 0 Å². The van der Waals surface area contributed by atoms with Gasteiger partial charge in [0.2, 0.25) is 0 Å². The minimum absolute atomic E-state index is 0.0335. The monoisotopic (exact) mass is 368 g/mol. The maximum atomic E-state index is 12.6. The van der Waals surface area contributed by atoms with Gasteiger partial charge in [-0.3, -0.25) is 4.79 Å². The summed E-state index contributed by atoms with van der Waals surface area (Å²) >= 11 is 0. The van der Waals surface area contributed by atoms with E-state index in [0.717, 1.165) is 12.1 Å². The van der Waals surface area contributed by atoms with E-state index in [9.17, 15) is 24.2 Å². The molecule has 0 saturated heterocycles. The minimum atomic E-state index is -9.74. The van der Waals surface area contributed by atoms with Crippen molar-refractivity contribution in [3.05, 3.63) is 48.0 Å². The first-order valence-electron chi connectivity index (χ1n) is 6.39. The molecule has 132 valence electrons. The average Bonchev–Trinajstić information content (AvgIpc) is 2.45. The molecule has 0 aliphatic heterocycles. The molecular formula is C14H13F5N2O2S. The van der Waals surface area contributed by atoms with Crippen LogP contribution in [0.4, 0.5) is 30.8 Å². The number of carbonyl (C=O) groups is 1. The molecule has 0 heterocycles. The van der Waals surface area contributed by atoms with E-state index in [1.165, 1.54) is 25.3 Å². The molecule has 0 aromatic heterocycles. The summed E-state index contributed by atoms with van der Waals surface area (Å²) < 4.78 is 68.1. The molecule has 0 bridgehead atoms. The van der Waals surface area contributed by atoms with Crippen LogP contribution in [-0.4, -0.2) is 13.0 Å². The Labute approximate surface area is 134 Å². The summed E-state index contributed by atoms with van der Waals surface area (Å²) in [5.41, 5.74) is 5.72. The standard InChI is InChI=1S/C14H13F5N2O2S/c1-23-10-4-7-13(20)12(8-10)14(22)21-9-2-5-11(6-3-9)24(15,16,17,18)19/h2-8H,20H2,1H3,(H,21,22). The first-order chi connectivity index (χ1) is 10.8. The van der Waals surface area contributed by atoms with Crippen molar-refractivity contribution in [3.63, 3.8) is 0 Å². The van der Waals surface area contributed by atoms with E-state index in [-0.39, 0.29) is 29.1 Å². The van der Waals surface area contributed by atoms with Crippen LogP contribution in [0.3, 0.4) is 0 Å². The molecule has 0 fully saturated rings. The Morgan fingerprint density at radius 1 is 1.04 bits per heavy atom. The van der Waals surface area contributed by atoms with Crippen LogP contribution in [0.2, 0.25) is 0 Å². The van der Waals surface area contributed by atoms with Gasteiger partial charge in [0.15, 0.2) is 0 Å². The van der Waals surface area contributed by atoms with E-state index >= 15 is 0 Å². The van der Waals surface area contributed by atoms with Gasteiger partial charge in [0.25, 0.3) is 5.91 Å². The lowest BCUT2D eigenvalue weighted by molar-refractivity contribution is 0.102. The Hall–Kier alpha value is -2.49. The van der Waals surface area contributed by atoms with Gasteiger partial charge in [0, 0.05) is 11.4 Å². The fourth-order valence-electron chi connectivity index (χ4n) is 1.85. The third-order valence-electron chi connectivity index (χ3n) is 3.06. The highest BCUT2D eigenvalue weighted by Crippen LogP contribution is 3.02. The summed E-state index contributed by atoms with van der Waals surface area (Å²) in [6.07, 6.45) is 0. The third kappa shape index (κ3) is 4.07. The minimum Gasteiger partial charge on any atom is -0.497 e. The number of hydrogen-bond donors (Lipinski definition) is 2. The van der Waals surface area contributed by atoms with Crippen molar-refractivity contribution in [1.29, 1.82) is 0 Å². The van der Waals surface area contributed by atoms with Crippen molar-refractivity contribution in [2.45, 2.75) is 4.90 Å². The summed E-state index contributed by atoms with van der Waals surface area (Å²) in [5, 5.41) is 2.28. The van der Waals surface area contributed by atoms with Gasteiger partial charge in [0.1, 0.15) is 10.6 Å². The van der Waals surface area contributed by atoms with Gasteiger partial charge in [-0.05, 0) is 42.5 Å². The van der Waals surface area contributed by atoms with E-state index in [2.05, 4.69) is 5.32 Å². The topological polar surface area (TPSA) is 64.3 Å². The number of anilines is 2. The summed E-state index contributed by atoms with van der Waals surface area (Å²) in [7, 11) is -8.36. The van der Waals surface area contributed by atoms with E-state index < -0.39 is 21.0 Å². The molecule has 0 spiro atoms. The highest BCUT2D eigenvalue weighted by atomic mass is 32.5. The van der Waals surface area contributed by atoms with Gasteiger partial charge >= 0.3 is 10.2 Å². The molecule has 3 N–H and O–H groups in total. The molecule has 0 aliphatic rings. The smallest absolute Gasteiger partial charge is 0.310 e. The molecule has 2 aromatic rings. The molecule has 10 heteroatoms. The SMILES string of the molecule is COc1ccc(N)c(C(=O)Nc2ccc(S(F)(F)(F)(F)F)cc2)c1. The largest absolute Gasteiger partial charge is 0.497 e. The quantitative estimate of drug-likeness (QED) is 0.577. The van der Waals surface area contributed by atoms with Crippen LogP contribution in [0.25, 0.3) is 0 Å². The van der Waals surface area contributed by atoms with Crippen LogP contribution in [0.5, 0.6) is 5.75 Å². The van der Waals surface area contributed by atoms with Gasteiger partial charge < -0.3 is 15.8 Å². The zero-order chi connectivity index (χ0) is 18.2. The Kier molecular flexibility index (Phi) is 3.72. The van der Waals surface area contributed by atoms with E-state index in [1.807, 2.05) is 0 Å². The van der Waals surface area contributed by atoms with E-state index in [0.29, 0.717) is 5.75 Å². The number of amides is 1. The maximum absolute atomic E-state index is 12.6. The molecule has 4 nitrogen and oxygen atoms in total. The summed E-state index contributed by atoms with van der Waals surface area (Å²) in [4.78, 5) is 10.1. The number of methoxy groups -OCH3 is 1. The summed E-state index contributed by atoms with van der Waals surface area (Å²) in [6, 6.07) is 6.19. The van der Waals surface area contributed by atoms with Gasteiger partial charge in [-0.2, -0.15) is 0 Å². The summed E-state index contributed by atoms with van der Waals surface area (Å²) in [6.45, 7) is 0. The molecule has 0 radical (unpaired) electrons. The molecule has 2 rings (SSSR count). The number of halogens is 5. The van der Waals surface area contributed by atoms with E-state index in [4.69, 9.17) is 10.5 Å². The summed E-state index contributed by atoms with van der Waals surface area (Å²) in [5.74, 6) is -0.364. The van der Waals surface area contributed by atoms with Gasteiger partial charge in [0.05, 0.1) is 12.7 Å². The second-order valence-corrected chi connectivity index (χ2v) is 7.31. The lowest BCUT2D eigenvalue weighted by Gasteiger charge is -2.40. The lowest BCUT2D eigenvalue weighted by Crippen LogP contribution is -2.14. The fourth-order valence-corrected chi connectivity index (χ4v) is 2.50. The van der Waals surface area contributed by atoms with Crippen molar-refractivity contribution in [3.8, 4) is 5.75 Å². The first kappa shape index (κ1) is 17.9. The van der Waals surface area contributed by atoms with Crippen molar-refractivity contribution < 1.29 is 29.0 Å². The van der Waals surface area contributed by atoms with Gasteiger partial charge in [-0.15, -0.1) is 0 Å². The van der Waals surface area contributed by atoms with Crippen LogP contribution < -0.4 is 15.8 Å². The Morgan fingerprint density at radius 2 is 1.62 bits per heavy atom. The van der Waals surface area contributed by atoms with Crippen LogP contribution in [0.15, 0.2) is 47.4 Å². The molecule has 2 aromatic carbocycles. The number of nitrogen functional groups attached to an aromatic ring is 1. The van der Waals surface area contributed by atoms with Crippen molar-refractivity contribution >= 4 is 27.5 Å². The van der Waals surface area contributed by atoms with Crippen LogP contribution in [0, 0.1) is 0 Å². The lowest BCUT2D eigenvalue weighted by atomic mass is 10.1. The zero-order valence-corrected chi connectivity index (χ0v) is 13.0. The third-order valence-corrected chi connectivity index (χ3v) is 4.23. The predicted octanol–water partition coefficient (Wildman–Crippen LogP) is 5.19. The molecular weight excluding hydrogens is 355 g/mol. The van der Waals surface area contributed by atoms with Crippen LogP contribution in [0.1, 0.15) is 10.4 Å². The Bertz CT molecular complexity index is 792. The highest BCUT2D eigenvalue weighted by molar-refractivity contribution is 8.45. The predicted molar refractivity (Wildman–Crippen MR) is 83.2 cm³/mol. The number of nitrogens with two attached hydrogens (primary N) is 1. The Morgan fingerprint density at radius 3 is 2.12 bits per heavy atom. The second-order valence-electron chi connectivity index (χ2n) is 4.90. The zero-order valence-electron chi connectivity index (χ0n) is 12.2. The fraction of sp³-hybridized carbons (Fsp3) is 0.0714. The maximum Gasteiger partial charge on any atom is 0.310 e. The molecule has 0 saturated carbocycles. The molecule has 24 heavy (non-hydrogen) atoms. The molecule has 0 unspecified atom stereocenters. The average molecular weight is 368 g/mol. The number of carbonyl (C=O) groups excluding carboxylic acids is 1. The van der Waals surface area contributed by atoms with Crippen molar-refractivity contribution in [2.24, 2.45) is 0 Å². The number of ether oxygens (including phenoxy) is 1. The number of rotatable bonds is 4. The molecule has 1 amide bonds. The van der Waals surface area contributed by atoms with Gasteiger partial charge in [-0.25, -0.2) is 0 Å². The van der Waals surface area contributed by atoms with Gasteiger partial charge in [-0.1, -0.05) is 19.4 Å². The molecule has 0 aliphatic carbocycles. The highest BCUT2D eigenvalue weighted by Gasteiger charge is 2.65. The number of benzene rings is 2. The normalized spacial score (nSPS) is 14.4. The van der Waals surface area contributed by atoms with Crippen molar-refractivity contribution in [1.82, 2.24) is 0 Å². The number of nitrogens with one attached hydrogen (secondary N) is 1. The molecule has 0 atom stereocenters. The Balaban J connectivity index is 2.25. The second kappa shape index (κ2) is 5.00. The number of hydrogen-bond acceptors (Lipinski definition) is 3. The van der Waals surface area contributed by atoms with E-state index in [1.54, 1.807) is 0 Å².